The van der Waals surface area contributed by atoms with Gasteiger partial charge in [-0.2, -0.15) is 4.98 Å². The van der Waals surface area contributed by atoms with Crippen molar-refractivity contribution in [1.29, 1.82) is 0 Å². The minimum Gasteiger partial charge on any atom is -0.545 e. The molecule has 3 heterocycles. The predicted molar refractivity (Wildman–Crippen MR) is 74.3 cm³/mol. The summed E-state index contributed by atoms with van der Waals surface area (Å²) >= 11 is 0. The molecule has 0 amide bonds. The van der Waals surface area contributed by atoms with Crippen molar-refractivity contribution in [2.24, 2.45) is 0 Å². The monoisotopic (exact) mass is 289 g/mol. The number of carbonyl (C=O) groups is 1. The van der Waals surface area contributed by atoms with Gasteiger partial charge < -0.3 is 15.6 Å². The smallest absolute Gasteiger partial charge is 0.545 e. The summed E-state index contributed by atoms with van der Waals surface area (Å²) in [4.78, 5) is 19.4. The van der Waals surface area contributed by atoms with E-state index in [-0.39, 0.29) is 30.4 Å². The van der Waals surface area contributed by atoms with Crippen molar-refractivity contribution in [3.8, 4) is 11.1 Å². The van der Waals surface area contributed by atoms with Gasteiger partial charge in [0.05, 0.1) is 5.97 Å². The summed E-state index contributed by atoms with van der Waals surface area (Å²) in [6.45, 7) is 1.85. The number of nitrogen functional groups attached to an aromatic ring is 1. The van der Waals surface area contributed by atoms with Crippen LogP contribution in [0, 0.1) is 0 Å². The maximum atomic E-state index is 11.2. The number of anilines is 1. The second-order valence-corrected chi connectivity index (χ2v) is 4.55. The van der Waals surface area contributed by atoms with Crippen LogP contribution in [-0.2, 0) is 6.42 Å². The van der Waals surface area contributed by atoms with E-state index in [9.17, 15) is 9.90 Å². The topological polar surface area (TPSA) is 109 Å². The van der Waals surface area contributed by atoms with Crippen molar-refractivity contribution in [2.75, 3.05) is 5.73 Å². The van der Waals surface area contributed by atoms with E-state index in [0.717, 1.165) is 5.56 Å². The molecule has 2 N–H and O–H groups in total. The zero-order valence-corrected chi connectivity index (χ0v) is 12.3. The molecule has 0 saturated heterocycles. The number of carboxylic acids is 1. The number of aromatic nitrogens is 4. The molecule has 0 aromatic carbocycles. The van der Waals surface area contributed by atoms with E-state index in [4.69, 9.17) is 5.73 Å². The van der Waals surface area contributed by atoms with Gasteiger partial charge in [-0.3, -0.25) is 4.98 Å². The second-order valence-electron chi connectivity index (χ2n) is 4.55. The van der Waals surface area contributed by atoms with Crippen molar-refractivity contribution in [2.45, 2.75) is 13.3 Å². The first kappa shape index (κ1) is 16.0. The van der Waals surface area contributed by atoms with Gasteiger partial charge in [0, 0.05) is 29.2 Å². The van der Waals surface area contributed by atoms with Gasteiger partial charge >= 0.3 is 18.9 Å². The van der Waals surface area contributed by atoms with Crippen LogP contribution < -0.4 is 29.7 Å². The molecule has 0 spiro atoms. The summed E-state index contributed by atoms with van der Waals surface area (Å²) in [5.41, 5.74) is 8.20. The van der Waals surface area contributed by atoms with E-state index in [2.05, 4.69) is 15.1 Å². The van der Waals surface area contributed by atoms with E-state index in [1.54, 1.807) is 35.1 Å². The summed E-state index contributed by atoms with van der Waals surface area (Å²) in [6, 6.07) is 5.13. The van der Waals surface area contributed by atoms with Gasteiger partial charge in [-0.15, -0.1) is 5.10 Å². The largest absolute Gasteiger partial charge is 1.00 e. The quantitative estimate of drug-likeness (QED) is 0.526. The van der Waals surface area contributed by atoms with Crippen molar-refractivity contribution in [3.05, 3.63) is 41.9 Å². The Morgan fingerprint density at radius 2 is 2.14 bits per heavy atom. The Morgan fingerprint density at radius 3 is 2.82 bits per heavy atom. The van der Waals surface area contributed by atoms with E-state index in [1.807, 2.05) is 6.92 Å². The third-order valence-corrected chi connectivity index (χ3v) is 3.21. The van der Waals surface area contributed by atoms with Crippen LogP contribution in [0.1, 0.15) is 23.0 Å². The fourth-order valence-electron chi connectivity index (χ4n) is 2.19. The van der Waals surface area contributed by atoms with Gasteiger partial charge in [-0.25, -0.2) is 4.52 Å². The Labute approximate surface area is 138 Å². The number of aromatic carboxylic acids is 1. The zero-order chi connectivity index (χ0) is 15.0. The van der Waals surface area contributed by atoms with Gasteiger partial charge in [-0.05, 0) is 30.2 Å². The molecule has 8 heteroatoms. The molecule has 3 aromatic rings. The number of carbonyl (C=O) groups excluding carboxylic acids is 1. The van der Waals surface area contributed by atoms with Gasteiger partial charge in [-0.1, -0.05) is 6.92 Å². The Balaban J connectivity index is 0.00000176. The molecule has 106 valence electrons. The van der Waals surface area contributed by atoms with Crippen LogP contribution in [-0.4, -0.2) is 25.6 Å². The Morgan fingerprint density at radius 1 is 1.36 bits per heavy atom. The van der Waals surface area contributed by atoms with E-state index in [1.165, 1.54) is 0 Å². The molecule has 22 heavy (non-hydrogen) atoms. The average molecular weight is 289 g/mol. The molecule has 0 saturated carbocycles. The third kappa shape index (κ3) is 2.82. The molecule has 7 nitrogen and oxygen atoms in total. The molecule has 0 fully saturated rings. The van der Waals surface area contributed by atoms with Crippen LogP contribution in [0.3, 0.4) is 0 Å². The SMILES string of the molecule is CCc1ncc(-c2ccn3nc(N)nc3c2)cc1C(=O)[O-].[Li+]. The number of pyridine rings is 2. The molecule has 0 bridgehead atoms. The van der Waals surface area contributed by atoms with Crippen molar-refractivity contribution >= 4 is 17.6 Å². The number of nitrogens with two attached hydrogens (primary N) is 1. The first-order chi connectivity index (χ1) is 10.1. The normalized spacial score (nSPS) is 10.4. The Hall–Kier alpha value is -2.36. The molecule has 3 aromatic heterocycles. The molecular formula is C14H12LiN5O2. The van der Waals surface area contributed by atoms with Crippen LogP contribution in [0.2, 0.25) is 0 Å². The summed E-state index contributed by atoms with van der Waals surface area (Å²) < 4.78 is 1.55. The van der Waals surface area contributed by atoms with Crippen LogP contribution in [0.4, 0.5) is 5.95 Å². The summed E-state index contributed by atoms with van der Waals surface area (Å²) in [5.74, 6) is -1.05. The van der Waals surface area contributed by atoms with E-state index in [0.29, 0.717) is 23.3 Å². The second kappa shape index (κ2) is 6.18. The van der Waals surface area contributed by atoms with E-state index < -0.39 is 5.97 Å². The van der Waals surface area contributed by atoms with Crippen LogP contribution in [0.25, 0.3) is 16.8 Å². The van der Waals surface area contributed by atoms with Crippen molar-refractivity contribution < 1.29 is 28.8 Å². The van der Waals surface area contributed by atoms with Gasteiger partial charge in [0.25, 0.3) is 0 Å². The molecule has 0 radical (unpaired) electrons. The van der Waals surface area contributed by atoms with Gasteiger partial charge in [0.1, 0.15) is 0 Å². The van der Waals surface area contributed by atoms with Gasteiger partial charge in [0.15, 0.2) is 5.65 Å². The number of fused-ring (bicyclic) bond motifs is 1. The Kier molecular flexibility index (Phi) is 4.50. The first-order valence-corrected chi connectivity index (χ1v) is 6.41. The molecule has 0 aliphatic rings. The number of nitrogens with zero attached hydrogens (tertiary/aromatic N) is 4. The van der Waals surface area contributed by atoms with Crippen molar-refractivity contribution in [1.82, 2.24) is 19.6 Å². The predicted octanol–water partition coefficient (Wildman–Crippen LogP) is -2.70. The number of hydrogen-bond donors (Lipinski definition) is 1. The fourth-order valence-corrected chi connectivity index (χ4v) is 2.19. The number of rotatable bonds is 3. The first-order valence-electron chi connectivity index (χ1n) is 6.41. The summed E-state index contributed by atoms with van der Waals surface area (Å²) in [5, 5.41) is 15.2. The van der Waals surface area contributed by atoms with Crippen molar-refractivity contribution in [3.63, 3.8) is 0 Å². The molecule has 3 rings (SSSR count). The maximum absolute atomic E-state index is 11.2. The number of carboxylic acid groups (broad SMARTS) is 1. The molecule has 0 aliphatic carbocycles. The van der Waals surface area contributed by atoms with Gasteiger partial charge in [0.2, 0.25) is 5.95 Å². The third-order valence-electron chi connectivity index (χ3n) is 3.21. The molecular weight excluding hydrogens is 277 g/mol. The summed E-state index contributed by atoms with van der Waals surface area (Å²) in [6.07, 6.45) is 3.88. The van der Waals surface area contributed by atoms with E-state index >= 15 is 0 Å². The van der Waals surface area contributed by atoms with Crippen LogP contribution in [0.5, 0.6) is 0 Å². The molecule has 0 atom stereocenters. The summed E-state index contributed by atoms with van der Waals surface area (Å²) in [7, 11) is 0. The minimum atomic E-state index is -1.23. The molecule has 0 aliphatic heterocycles. The maximum Gasteiger partial charge on any atom is 1.00 e. The van der Waals surface area contributed by atoms with Crippen LogP contribution >= 0.6 is 0 Å². The zero-order valence-electron chi connectivity index (χ0n) is 12.3. The number of hydrogen-bond acceptors (Lipinski definition) is 6. The standard InChI is InChI=1S/C14H13N5O2.Li/c1-2-11-10(13(20)21)5-9(7-16-11)8-3-4-19-12(6-8)17-14(15)18-19;/h3-7H,2H2,1H3,(H2,15,18)(H,20,21);/q;+1/p-1. The minimum absolute atomic E-state index is 0. The van der Waals surface area contributed by atoms with Crippen LogP contribution in [0.15, 0.2) is 30.6 Å². The fraction of sp³-hybridized carbons (Fsp3) is 0.143. The average Bonchev–Trinajstić information content (AvgIpc) is 2.85. The number of aryl methyl sites for hydroxylation is 1. The molecule has 0 unspecified atom stereocenters. The Bertz CT molecular complexity index is 846.